The summed E-state index contributed by atoms with van der Waals surface area (Å²) in [6.07, 6.45) is 13.1. The van der Waals surface area contributed by atoms with Crippen LogP contribution in [0.1, 0.15) is 90.4 Å². The Balaban J connectivity index is 3.16. The van der Waals surface area contributed by atoms with Crippen LogP contribution in [0, 0.1) is 5.92 Å². The smallest absolute Gasteiger partial charge is 0.303 e. The fraction of sp³-hybridized carbons (Fsp3) is 0.941. The van der Waals surface area contributed by atoms with Crippen molar-refractivity contribution >= 4 is 5.97 Å². The van der Waals surface area contributed by atoms with Gasteiger partial charge >= 0.3 is 5.97 Å². The fourth-order valence-corrected chi connectivity index (χ4v) is 2.51. The molecule has 5 nitrogen and oxygen atoms in total. The monoisotopic (exact) mass is 318 g/mol. The van der Waals surface area contributed by atoms with Crippen molar-refractivity contribution in [1.29, 1.82) is 0 Å². The Hall–Kier alpha value is -0.650. The second-order valence-corrected chi connectivity index (χ2v) is 6.41. The van der Waals surface area contributed by atoms with E-state index >= 15 is 0 Å². The van der Waals surface area contributed by atoms with Crippen LogP contribution >= 0.6 is 0 Å². The molecule has 0 spiro atoms. The third-order valence-corrected chi connectivity index (χ3v) is 4.19. The zero-order valence-electron chi connectivity index (χ0n) is 14.0. The predicted octanol–water partition coefficient (Wildman–Crippen LogP) is 3.41. The lowest BCUT2D eigenvalue weighted by atomic mass is 9.99. The summed E-state index contributed by atoms with van der Waals surface area (Å²) < 4.78 is 0. The summed E-state index contributed by atoms with van der Waals surface area (Å²) in [4.78, 5) is 10.3. The molecule has 0 aliphatic rings. The van der Waals surface area contributed by atoms with Crippen LogP contribution in [0.2, 0.25) is 0 Å². The minimum absolute atomic E-state index is 0.294. The number of carbonyl (C=O) groups is 1. The van der Waals surface area contributed by atoms with E-state index in [1.54, 1.807) is 6.92 Å². The summed E-state index contributed by atoms with van der Waals surface area (Å²) in [5.41, 5.74) is 0. The van der Waals surface area contributed by atoms with Gasteiger partial charge in [-0.15, -0.1) is 0 Å². The molecule has 4 N–H and O–H groups in total. The topological polar surface area (TPSA) is 98.0 Å². The molecule has 0 aromatic heterocycles. The van der Waals surface area contributed by atoms with Crippen molar-refractivity contribution in [2.24, 2.45) is 5.92 Å². The average Bonchev–Trinajstić information content (AvgIpc) is 2.42. The van der Waals surface area contributed by atoms with Gasteiger partial charge < -0.3 is 20.4 Å². The summed E-state index contributed by atoms with van der Waals surface area (Å²) >= 11 is 0. The van der Waals surface area contributed by atoms with Crippen LogP contribution in [-0.4, -0.2) is 32.4 Å². The Labute approximate surface area is 134 Å². The first kappa shape index (κ1) is 21.4. The van der Waals surface area contributed by atoms with Gasteiger partial charge in [0.1, 0.15) is 0 Å². The molecule has 1 unspecified atom stereocenters. The summed E-state index contributed by atoms with van der Waals surface area (Å²) in [6.45, 7) is 1.64. The van der Waals surface area contributed by atoms with E-state index in [2.05, 4.69) is 0 Å². The maximum atomic E-state index is 10.3. The molecule has 5 heteroatoms. The zero-order valence-corrected chi connectivity index (χ0v) is 14.0. The van der Waals surface area contributed by atoms with Gasteiger partial charge in [0.05, 0.1) is 0 Å². The van der Waals surface area contributed by atoms with Crippen LogP contribution < -0.4 is 0 Å². The van der Waals surface area contributed by atoms with E-state index in [1.807, 2.05) is 0 Å². The van der Waals surface area contributed by atoms with Gasteiger partial charge in [0.25, 0.3) is 5.97 Å². The number of rotatable bonds is 15. The summed E-state index contributed by atoms with van der Waals surface area (Å²) in [7, 11) is 0. The van der Waals surface area contributed by atoms with Crippen molar-refractivity contribution in [3.63, 3.8) is 0 Å². The van der Waals surface area contributed by atoms with E-state index < -0.39 is 17.9 Å². The van der Waals surface area contributed by atoms with Crippen LogP contribution in [0.5, 0.6) is 0 Å². The molecule has 1 atom stereocenters. The number of carboxylic acids is 1. The van der Waals surface area contributed by atoms with Crippen LogP contribution in [0.25, 0.3) is 0 Å². The summed E-state index contributed by atoms with van der Waals surface area (Å²) in [5.74, 6) is -3.74. The molecule has 0 radical (unpaired) electrons. The molecule has 0 bridgehead atoms. The Bertz CT molecular complexity index is 273. The molecule has 0 aromatic carbocycles. The van der Waals surface area contributed by atoms with E-state index in [0.29, 0.717) is 12.8 Å². The molecular formula is C17H34O5. The molecule has 0 amide bonds. The first-order chi connectivity index (χ1) is 10.3. The van der Waals surface area contributed by atoms with Crippen molar-refractivity contribution < 1.29 is 25.2 Å². The largest absolute Gasteiger partial charge is 0.481 e. The number of aliphatic carboxylic acids is 1. The zero-order chi connectivity index (χ0) is 16.8. The lowest BCUT2D eigenvalue weighted by Crippen LogP contribution is -2.35. The van der Waals surface area contributed by atoms with Crippen molar-refractivity contribution in [3.05, 3.63) is 0 Å². The normalized spacial score (nSPS) is 13.3. The Kier molecular flexibility index (Phi) is 12.5. The highest BCUT2D eigenvalue weighted by molar-refractivity contribution is 5.66. The van der Waals surface area contributed by atoms with E-state index in [4.69, 9.17) is 20.4 Å². The fourth-order valence-electron chi connectivity index (χ4n) is 2.51. The highest BCUT2D eigenvalue weighted by Crippen LogP contribution is 2.19. The van der Waals surface area contributed by atoms with E-state index in [1.165, 1.54) is 32.1 Å². The molecule has 0 saturated heterocycles. The maximum absolute atomic E-state index is 10.3. The standard InChI is InChI=1S/C17H34O5/c1-15(17(20,21)22)13-11-9-7-5-3-2-4-6-8-10-12-14-16(18)19/h15,20-22H,2-14H2,1H3,(H,18,19). The third kappa shape index (κ3) is 14.3. The van der Waals surface area contributed by atoms with E-state index in [0.717, 1.165) is 38.5 Å². The minimum Gasteiger partial charge on any atom is -0.481 e. The van der Waals surface area contributed by atoms with Gasteiger partial charge in [0.2, 0.25) is 0 Å². The minimum atomic E-state index is -2.54. The number of hydrogen-bond acceptors (Lipinski definition) is 4. The Morgan fingerprint density at radius 1 is 0.773 bits per heavy atom. The molecule has 0 rings (SSSR count). The molecule has 0 aliphatic carbocycles. The predicted molar refractivity (Wildman–Crippen MR) is 86.2 cm³/mol. The number of hydrogen-bond donors (Lipinski definition) is 4. The second kappa shape index (κ2) is 12.9. The van der Waals surface area contributed by atoms with Gasteiger partial charge in [-0.1, -0.05) is 71.1 Å². The first-order valence-corrected chi connectivity index (χ1v) is 8.73. The van der Waals surface area contributed by atoms with Crippen molar-refractivity contribution in [1.82, 2.24) is 0 Å². The lowest BCUT2D eigenvalue weighted by Gasteiger charge is -2.21. The molecule has 0 aliphatic heterocycles. The number of carboxylic acid groups (broad SMARTS) is 1. The van der Waals surface area contributed by atoms with Crippen molar-refractivity contribution in [3.8, 4) is 0 Å². The average molecular weight is 318 g/mol. The van der Waals surface area contributed by atoms with Crippen LogP contribution in [0.3, 0.4) is 0 Å². The highest BCUT2D eigenvalue weighted by Gasteiger charge is 2.26. The first-order valence-electron chi connectivity index (χ1n) is 8.73. The molecule has 132 valence electrons. The Morgan fingerprint density at radius 3 is 1.50 bits per heavy atom. The van der Waals surface area contributed by atoms with Gasteiger partial charge in [0, 0.05) is 12.3 Å². The molecule has 0 aromatic rings. The van der Waals surface area contributed by atoms with Gasteiger partial charge in [-0.05, 0) is 12.8 Å². The number of unbranched alkanes of at least 4 members (excludes halogenated alkanes) is 10. The van der Waals surface area contributed by atoms with Crippen molar-refractivity contribution in [2.45, 2.75) is 96.4 Å². The Morgan fingerprint density at radius 2 is 1.14 bits per heavy atom. The summed E-state index contributed by atoms with van der Waals surface area (Å²) in [6, 6.07) is 0. The third-order valence-electron chi connectivity index (χ3n) is 4.19. The molecule has 22 heavy (non-hydrogen) atoms. The quantitative estimate of drug-likeness (QED) is 0.274. The van der Waals surface area contributed by atoms with Gasteiger partial charge in [-0.2, -0.15) is 0 Å². The molecule has 0 saturated carbocycles. The van der Waals surface area contributed by atoms with Gasteiger partial charge in [0.15, 0.2) is 0 Å². The molecule has 0 fully saturated rings. The summed E-state index contributed by atoms with van der Waals surface area (Å²) in [5, 5.41) is 35.4. The number of aliphatic hydroxyl groups is 3. The highest BCUT2D eigenvalue weighted by atomic mass is 16.7. The van der Waals surface area contributed by atoms with Gasteiger partial charge in [-0.25, -0.2) is 0 Å². The SMILES string of the molecule is CC(CCCCCCCCCCCCCC(=O)O)C(O)(O)O. The maximum Gasteiger partial charge on any atom is 0.303 e. The van der Waals surface area contributed by atoms with Crippen molar-refractivity contribution in [2.75, 3.05) is 0 Å². The van der Waals surface area contributed by atoms with E-state index in [9.17, 15) is 4.79 Å². The lowest BCUT2D eigenvalue weighted by molar-refractivity contribution is -0.339. The second-order valence-electron chi connectivity index (χ2n) is 6.41. The van der Waals surface area contributed by atoms with E-state index in [-0.39, 0.29) is 0 Å². The van der Waals surface area contributed by atoms with Gasteiger partial charge in [-0.3, -0.25) is 4.79 Å². The van der Waals surface area contributed by atoms with Crippen LogP contribution in [0.4, 0.5) is 0 Å². The molecular weight excluding hydrogens is 284 g/mol. The van der Waals surface area contributed by atoms with Crippen LogP contribution in [0.15, 0.2) is 0 Å². The molecule has 0 heterocycles. The van der Waals surface area contributed by atoms with Crippen LogP contribution in [-0.2, 0) is 4.79 Å².